The van der Waals surface area contributed by atoms with E-state index in [0.29, 0.717) is 5.75 Å². The Balaban J connectivity index is 2.14. The minimum Gasteiger partial charge on any atom is -0.496 e. The molecule has 0 bridgehead atoms. The number of nitrogens with one attached hydrogen (secondary N) is 1. The number of para-hydroxylation sites is 1. The van der Waals surface area contributed by atoms with Crippen LogP contribution < -0.4 is 20.6 Å². The molecular weight excluding hydrogens is 317 g/mol. The Hall–Kier alpha value is -2.67. The van der Waals surface area contributed by atoms with Gasteiger partial charge in [0.25, 0.3) is 0 Å². The Morgan fingerprint density at radius 3 is 2.78 bits per heavy atom. The van der Waals surface area contributed by atoms with Crippen molar-refractivity contribution in [2.75, 3.05) is 7.11 Å². The van der Waals surface area contributed by atoms with Crippen LogP contribution in [0, 0.1) is 5.82 Å². The molecule has 0 saturated heterocycles. The quantitative estimate of drug-likeness (QED) is 0.483. The molecule has 0 amide bonds. The van der Waals surface area contributed by atoms with Crippen molar-refractivity contribution in [2.45, 2.75) is 6.61 Å². The van der Waals surface area contributed by atoms with Crippen molar-refractivity contribution in [3.8, 4) is 11.5 Å². The van der Waals surface area contributed by atoms with Crippen LogP contribution in [0.3, 0.4) is 0 Å². The normalized spacial score (nSPS) is 10.5. The van der Waals surface area contributed by atoms with Gasteiger partial charge in [0.2, 0.25) is 0 Å². The van der Waals surface area contributed by atoms with Crippen LogP contribution in [0.4, 0.5) is 4.39 Å². The number of hydrogen-bond acceptors (Lipinski definition) is 4. The van der Waals surface area contributed by atoms with Crippen molar-refractivity contribution >= 4 is 23.5 Å². The molecule has 0 unspecified atom stereocenters. The van der Waals surface area contributed by atoms with E-state index in [9.17, 15) is 4.39 Å². The lowest BCUT2D eigenvalue weighted by atomic mass is 10.1. The highest BCUT2D eigenvalue weighted by Gasteiger charge is 2.07. The van der Waals surface area contributed by atoms with Crippen LogP contribution >= 0.6 is 12.2 Å². The van der Waals surface area contributed by atoms with E-state index in [-0.39, 0.29) is 17.5 Å². The third-order valence-corrected chi connectivity index (χ3v) is 3.00. The Morgan fingerprint density at radius 2 is 2.09 bits per heavy atom. The van der Waals surface area contributed by atoms with Gasteiger partial charge in [-0.2, -0.15) is 5.10 Å². The minimum atomic E-state index is -0.412. The second kappa shape index (κ2) is 8.09. The van der Waals surface area contributed by atoms with E-state index in [1.807, 2.05) is 12.1 Å². The molecule has 2 rings (SSSR count). The topological polar surface area (TPSA) is 68.9 Å². The fraction of sp³-hybridized carbons (Fsp3) is 0.125. The van der Waals surface area contributed by atoms with Gasteiger partial charge in [-0.1, -0.05) is 12.1 Å². The highest BCUT2D eigenvalue weighted by Crippen LogP contribution is 2.23. The lowest BCUT2D eigenvalue weighted by molar-refractivity contribution is 0.282. The zero-order valence-corrected chi connectivity index (χ0v) is 13.3. The van der Waals surface area contributed by atoms with Crippen molar-refractivity contribution < 1.29 is 13.9 Å². The lowest BCUT2D eigenvalue weighted by Gasteiger charge is -2.11. The second-order valence-electron chi connectivity index (χ2n) is 4.52. The Morgan fingerprint density at radius 1 is 1.30 bits per heavy atom. The molecule has 3 N–H and O–H groups in total. The fourth-order valence-corrected chi connectivity index (χ4v) is 1.93. The van der Waals surface area contributed by atoms with Gasteiger partial charge in [-0.3, -0.25) is 5.43 Å². The minimum absolute atomic E-state index is 0.0814. The van der Waals surface area contributed by atoms with Crippen LogP contribution in [-0.4, -0.2) is 18.4 Å². The highest BCUT2D eigenvalue weighted by atomic mass is 32.1. The molecule has 0 radical (unpaired) electrons. The van der Waals surface area contributed by atoms with Crippen LogP contribution in [0.15, 0.2) is 47.6 Å². The average Bonchev–Trinajstić information content (AvgIpc) is 2.54. The molecule has 0 atom stereocenters. The Bertz CT molecular complexity index is 722. The molecule has 0 heterocycles. The summed E-state index contributed by atoms with van der Waals surface area (Å²) < 4.78 is 24.4. The predicted molar refractivity (Wildman–Crippen MR) is 91.2 cm³/mol. The number of hydrazone groups is 1. The maximum absolute atomic E-state index is 13.6. The first kappa shape index (κ1) is 16.7. The largest absolute Gasteiger partial charge is 0.496 e. The van der Waals surface area contributed by atoms with Gasteiger partial charge < -0.3 is 15.2 Å². The van der Waals surface area contributed by atoms with Crippen molar-refractivity contribution in [1.82, 2.24) is 5.43 Å². The van der Waals surface area contributed by atoms with E-state index in [4.69, 9.17) is 15.2 Å². The lowest BCUT2D eigenvalue weighted by Crippen LogP contribution is -2.24. The summed E-state index contributed by atoms with van der Waals surface area (Å²) >= 11 is 4.66. The van der Waals surface area contributed by atoms with Gasteiger partial charge in [0.05, 0.1) is 13.3 Å². The number of nitrogens with zero attached hydrogens (tertiary/aromatic N) is 1. The summed E-state index contributed by atoms with van der Waals surface area (Å²) in [5, 5.41) is 3.97. The van der Waals surface area contributed by atoms with Crippen molar-refractivity contribution in [2.24, 2.45) is 10.8 Å². The molecule has 0 spiro atoms. The molecule has 23 heavy (non-hydrogen) atoms. The molecule has 120 valence electrons. The smallest absolute Gasteiger partial charge is 0.184 e. The van der Waals surface area contributed by atoms with E-state index in [1.165, 1.54) is 6.07 Å². The Labute approximate surface area is 138 Å². The molecule has 2 aromatic rings. The fourth-order valence-electron chi connectivity index (χ4n) is 1.88. The van der Waals surface area contributed by atoms with Crippen molar-refractivity contribution in [1.29, 1.82) is 0 Å². The molecule has 0 fully saturated rings. The zero-order chi connectivity index (χ0) is 16.7. The van der Waals surface area contributed by atoms with E-state index in [0.717, 1.165) is 11.1 Å². The number of nitrogens with two attached hydrogens (primary N) is 1. The first-order valence-electron chi connectivity index (χ1n) is 6.73. The molecule has 0 saturated carbocycles. The van der Waals surface area contributed by atoms with Crippen LogP contribution in [0.5, 0.6) is 11.5 Å². The molecule has 7 heteroatoms. The molecule has 0 aliphatic carbocycles. The van der Waals surface area contributed by atoms with Gasteiger partial charge in [-0.25, -0.2) is 4.39 Å². The number of methoxy groups -OCH3 is 1. The van der Waals surface area contributed by atoms with Crippen LogP contribution in [0.1, 0.15) is 11.1 Å². The second-order valence-corrected chi connectivity index (χ2v) is 4.96. The maximum atomic E-state index is 13.6. The van der Waals surface area contributed by atoms with E-state index in [1.54, 1.807) is 37.6 Å². The van der Waals surface area contributed by atoms with Crippen LogP contribution in [-0.2, 0) is 6.61 Å². The SMILES string of the molecule is COc1ccc(C=NNC(N)=S)cc1COc1ccccc1F. The molecule has 0 aliphatic rings. The third-order valence-electron chi connectivity index (χ3n) is 2.91. The van der Waals surface area contributed by atoms with Gasteiger partial charge in [0.1, 0.15) is 12.4 Å². The molecule has 5 nitrogen and oxygen atoms in total. The monoisotopic (exact) mass is 333 g/mol. The summed E-state index contributed by atoms with van der Waals surface area (Å²) in [4.78, 5) is 0. The molecule has 0 aromatic heterocycles. The Kier molecular flexibility index (Phi) is 5.87. The van der Waals surface area contributed by atoms with E-state index in [2.05, 4.69) is 22.7 Å². The van der Waals surface area contributed by atoms with Crippen LogP contribution in [0.2, 0.25) is 0 Å². The molecular formula is C16H16FN3O2S. The van der Waals surface area contributed by atoms with Gasteiger partial charge >= 0.3 is 0 Å². The summed E-state index contributed by atoms with van der Waals surface area (Å²) in [6.07, 6.45) is 1.56. The number of thiocarbonyl (C=S) groups is 1. The first-order chi connectivity index (χ1) is 11.1. The summed E-state index contributed by atoms with van der Waals surface area (Å²) in [5.74, 6) is 0.411. The predicted octanol–water partition coefficient (Wildman–Crippen LogP) is 2.58. The average molecular weight is 333 g/mol. The highest BCUT2D eigenvalue weighted by molar-refractivity contribution is 7.80. The summed E-state index contributed by atoms with van der Waals surface area (Å²) in [6.45, 7) is 0.161. The number of benzene rings is 2. The van der Waals surface area contributed by atoms with Crippen molar-refractivity contribution in [3.63, 3.8) is 0 Å². The number of rotatable bonds is 6. The van der Waals surface area contributed by atoms with E-state index < -0.39 is 5.82 Å². The zero-order valence-electron chi connectivity index (χ0n) is 12.5. The van der Waals surface area contributed by atoms with Gasteiger partial charge in [0.15, 0.2) is 16.7 Å². The number of halogens is 1. The summed E-state index contributed by atoms with van der Waals surface area (Å²) in [6, 6.07) is 11.6. The first-order valence-corrected chi connectivity index (χ1v) is 7.13. The number of ether oxygens (including phenoxy) is 2. The van der Waals surface area contributed by atoms with Crippen molar-refractivity contribution in [3.05, 3.63) is 59.4 Å². The van der Waals surface area contributed by atoms with Gasteiger partial charge in [-0.15, -0.1) is 0 Å². The van der Waals surface area contributed by atoms with E-state index >= 15 is 0 Å². The van der Waals surface area contributed by atoms with Gasteiger partial charge in [-0.05, 0) is 48.1 Å². The molecule has 2 aromatic carbocycles. The molecule has 0 aliphatic heterocycles. The standard InChI is InChI=1S/C16H16FN3O2S/c1-21-14-7-6-11(9-19-20-16(18)23)8-12(14)10-22-15-5-3-2-4-13(15)17/h2-9H,10H2,1H3,(H3,18,20,23). The summed E-state index contributed by atoms with van der Waals surface area (Å²) in [5.41, 5.74) is 9.32. The van der Waals surface area contributed by atoms with Gasteiger partial charge in [0, 0.05) is 5.56 Å². The third kappa shape index (κ3) is 4.93. The van der Waals surface area contributed by atoms with Crippen LogP contribution in [0.25, 0.3) is 0 Å². The maximum Gasteiger partial charge on any atom is 0.184 e. The number of hydrogen-bond donors (Lipinski definition) is 2. The summed E-state index contributed by atoms with van der Waals surface area (Å²) in [7, 11) is 1.56.